The first-order valence-electron chi connectivity index (χ1n) is 4.20. The maximum atomic E-state index is 9.45. The number of phenolic OH excluding ortho intramolecular Hbond substituents is 1. The third kappa shape index (κ3) is 3.81. The monoisotopic (exact) mass is 336 g/mol. The van der Waals surface area contributed by atoms with Crippen LogP contribution in [0.5, 0.6) is 5.75 Å². The average molecular weight is 338 g/mol. The summed E-state index contributed by atoms with van der Waals surface area (Å²) in [4.78, 5) is 0. The molecule has 0 aliphatic rings. The molecule has 15 heavy (non-hydrogen) atoms. The Labute approximate surface area is 104 Å². The van der Waals surface area contributed by atoms with E-state index in [0.717, 1.165) is 5.56 Å². The average Bonchev–Trinajstić information content (AvgIpc) is 2.21. The van der Waals surface area contributed by atoms with Crippen LogP contribution >= 0.6 is 31.9 Å². The van der Waals surface area contributed by atoms with Gasteiger partial charge in [-0.15, -0.1) is 0 Å². The van der Waals surface area contributed by atoms with Gasteiger partial charge in [0.15, 0.2) is 0 Å². The highest BCUT2D eigenvalue weighted by atomic mass is 79.9. The van der Waals surface area contributed by atoms with Crippen molar-refractivity contribution in [3.05, 3.63) is 26.6 Å². The van der Waals surface area contributed by atoms with Gasteiger partial charge in [0.25, 0.3) is 0 Å². The molecule has 0 unspecified atom stereocenters. The maximum absolute atomic E-state index is 9.45. The van der Waals surface area contributed by atoms with Gasteiger partial charge in [-0.2, -0.15) is 5.10 Å². The Morgan fingerprint density at radius 3 is 2.47 bits per heavy atom. The van der Waals surface area contributed by atoms with Gasteiger partial charge in [0.1, 0.15) is 5.75 Å². The number of hydrogen-bond donors (Lipinski definition) is 3. The molecule has 0 aliphatic carbocycles. The van der Waals surface area contributed by atoms with Crippen molar-refractivity contribution < 1.29 is 10.2 Å². The van der Waals surface area contributed by atoms with Crippen LogP contribution in [0.4, 0.5) is 0 Å². The van der Waals surface area contributed by atoms with Gasteiger partial charge < -0.3 is 15.6 Å². The number of benzene rings is 1. The van der Waals surface area contributed by atoms with Gasteiger partial charge in [0.05, 0.1) is 28.3 Å². The molecule has 0 aliphatic heterocycles. The minimum Gasteiger partial charge on any atom is -0.506 e. The molecule has 0 aromatic heterocycles. The van der Waals surface area contributed by atoms with Gasteiger partial charge in [0.2, 0.25) is 0 Å². The van der Waals surface area contributed by atoms with Gasteiger partial charge in [0, 0.05) is 0 Å². The molecule has 0 spiro atoms. The van der Waals surface area contributed by atoms with Crippen molar-refractivity contribution in [3.8, 4) is 5.75 Å². The number of nitrogens with zero attached hydrogens (tertiary/aromatic N) is 1. The SMILES string of the molecule is OCCNN=Cc1cc(Br)c(O)c(Br)c1. The lowest BCUT2D eigenvalue weighted by molar-refractivity contribution is 0.294. The third-order valence-corrected chi connectivity index (χ3v) is 2.78. The Morgan fingerprint density at radius 1 is 1.33 bits per heavy atom. The van der Waals surface area contributed by atoms with Crippen LogP contribution in [-0.2, 0) is 0 Å². The standard InChI is InChI=1S/C9H10Br2N2O2/c10-7-3-6(4-8(11)9(7)15)5-13-12-1-2-14/h3-5,12,14-15H,1-2H2. The lowest BCUT2D eigenvalue weighted by Gasteiger charge is -2.02. The molecule has 0 radical (unpaired) electrons. The van der Waals surface area contributed by atoms with Gasteiger partial charge in [-0.05, 0) is 49.6 Å². The smallest absolute Gasteiger partial charge is 0.143 e. The van der Waals surface area contributed by atoms with Crippen LogP contribution < -0.4 is 5.43 Å². The molecule has 0 fully saturated rings. The summed E-state index contributed by atoms with van der Waals surface area (Å²) in [6, 6.07) is 3.48. The minimum atomic E-state index is 0.0420. The fourth-order valence-electron chi connectivity index (χ4n) is 0.894. The molecule has 1 rings (SSSR count). The van der Waals surface area contributed by atoms with Crippen LogP contribution in [0.15, 0.2) is 26.2 Å². The van der Waals surface area contributed by atoms with E-state index in [0.29, 0.717) is 15.5 Å². The summed E-state index contributed by atoms with van der Waals surface area (Å²) in [6.45, 7) is 0.456. The maximum Gasteiger partial charge on any atom is 0.143 e. The topological polar surface area (TPSA) is 64.8 Å². The van der Waals surface area contributed by atoms with Crippen molar-refractivity contribution in [2.75, 3.05) is 13.2 Å². The molecular weight excluding hydrogens is 328 g/mol. The molecular formula is C9H10Br2N2O2. The summed E-state index contributed by atoms with van der Waals surface area (Å²) < 4.78 is 1.20. The van der Waals surface area contributed by atoms with E-state index < -0.39 is 0 Å². The number of phenols is 1. The van der Waals surface area contributed by atoms with E-state index in [1.807, 2.05) is 0 Å². The number of aliphatic hydroxyl groups is 1. The summed E-state index contributed by atoms with van der Waals surface area (Å²) in [5.74, 6) is 0.162. The zero-order valence-corrected chi connectivity index (χ0v) is 10.9. The van der Waals surface area contributed by atoms with Gasteiger partial charge in [-0.3, -0.25) is 0 Å². The van der Waals surface area contributed by atoms with E-state index in [2.05, 4.69) is 42.4 Å². The van der Waals surface area contributed by atoms with Crippen molar-refractivity contribution >= 4 is 38.1 Å². The second kappa shape index (κ2) is 6.09. The molecule has 0 bridgehead atoms. The molecule has 82 valence electrons. The second-order valence-corrected chi connectivity index (χ2v) is 4.43. The lowest BCUT2D eigenvalue weighted by atomic mass is 10.2. The van der Waals surface area contributed by atoms with E-state index in [1.165, 1.54) is 0 Å². The Balaban J connectivity index is 2.74. The van der Waals surface area contributed by atoms with E-state index >= 15 is 0 Å². The third-order valence-electron chi connectivity index (χ3n) is 1.57. The number of hydrogen-bond acceptors (Lipinski definition) is 4. The fourth-order valence-corrected chi connectivity index (χ4v) is 2.12. The van der Waals surface area contributed by atoms with E-state index in [1.54, 1.807) is 18.3 Å². The zero-order valence-electron chi connectivity index (χ0n) is 7.74. The highest BCUT2D eigenvalue weighted by Gasteiger charge is 2.04. The molecule has 0 saturated carbocycles. The van der Waals surface area contributed by atoms with Crippen molar-refractivity contribution in [2.24, 2.45) is 5.10 Å². The first-order valence-corrected chi connectivity index (χ1v) is 5.78. The summed E-state index contributed by atoms with van der Waals surface area (Å²) in [7, 11) is 0. The van der Waals surface area contributed by atoms with Crippen molar-refractivity contribution in [1.82, 2.24) is 5.43 Å². The van der Waals surface area contributed by atoms with Crippen LogP contribution in [0.25, 0.3) is 0 Å². The highest BCUT2D eigenvalue weighted by molar-refractivity contribution is 9.11. The molecule has 0 atom stereocenters. The highest BCUT2D eigenvalue weighted by Crippen LogP contribution is 2.32. The van der Waals surface area contributed by atoms with Gasteiger partial charge >= 0.3 is 0 Å². The van der Waals surface area contributed by atoms with Crippen LogP contribution in [0.3, 0.4) is 0 Å². The van der Waals surface area contributed by atoms with E-state index in [9.17, 15) is 5.11 Å². The van der Waals surface area contributed by atoms with Crippen LogP contribution in [-0.4, -0.2) is 29.6 Å². The molecule has 1 aromatic rings. The zero-order chi connectivity index (χ0) is 11.3. The molecule has 0 saturated heterocycles. The van der Waals surface area contributed by atoms with Gasteiger partial charge in [-0.1, -0.05) is 0 Å². The number of nitrogens with one attached hydrogen (secondary N) is 1. The van der Waals surface area contributed by atoms with Crippen LogP contribution in [0, 0.1) is 0 Å². The summed E-state index contributed by atoms with van der Waals surface area (Å²) in [6.07, 6.45) is 1.60. The first-order chi connectivity index (χ1) is 7.15. The van der Waals surface area contributed by atoms with Gasteiger partial charge in [-0.25, -0.2) is 0 Å². The molecule has 6 heteroatoms. The normalized spacial score (nSPS) is 10.9. The van der Waals surface area contributed by atoms with Crippen molar-refractivity contribution in [2.45, 2.75) is 0 Å². The second-order valence-electron chi connectivity index (χ2n) is 2.72. The molecule has 3 N–H and O–H groups in total. The molecule has 0 heterocycles. The number of aliphatic hydroxyl groups excluding tert-OH is 1. The first kappa shape index (κ1) is 12.5. The lowest BCUT2D eigenvalue weighted by Crippen LogP contribution is -2.11. The number of rotatable bonds is 4. The summed E-state index contributed by atoms with van der Waals surface area (Å²) in [5.41, 5.74) is 3.49. The Kier molecular flexibility index (Phi) is 5.07. The quantitative estimate of drug-likeness (QED) is 0.446. The Morgan fingerprint density at radius 2 is 1.93 bits per heavy atom. The Bertz CT molecular complexity index is 346. The Hall–Kier alpha value is -0.590. The summed E-state index contributed by atoms with van der Waals surface area (Å²) >= 11 is 6.43. The number of aromatic hydroxyl groups is 1. The van der Waals surface area contributed by atoms with Crippen molar-refractivity contribution in [1.29, 1.82) is 0 Å². The predicted molar refractivity (Wildman–Crippen MR) is 66.2 cm³/mol. The van der Waals surface area contributed by atoms with Crippen LogP contribution in [0.1, 0.15) is 5.56 Å². The molecule has 0 amide bonds. The number of hydrazone groups is 1. The number of halogens is 2. The van der Waals surface area contributed by atoms with E-state index in [-0.39, 0.29) is 12.4 Å². The predicted octanol–water partition coefficient (Wildman–Crippen LogP) is 1.83. The largest absolute Gasteiger partial charge is 0.506 e. The van der Waals surface area contributed by atoms with Crippen LogP contribution in [0.2, 0.25) is 0 Å². The minimum absolute atomic E-state index is 0.0420. The molecule has 1 aromatic carbocycles. The summed E-state index contributed by atoms with van der Waals surface area (Å²) in [5, 5.41) is 21.8. The fraction of sp³-hybridized carbons (Fsp3) is 0.222. The molecule has 4 nitrogen and oxygen atoms in total. The van der Waals surface area contributed by atoms with E-state index in [4.69, 9.17) is 5.11 Å². The van der Waals surface area contributed by atoms with Crippen molar-refractivity contribution in [3.63, 3.8) is 0 Å².